The van der Waals surface area contributed by atoms with Crippen LogP contribution in [0.2, 0.25) is 0 Å². The monoisotopic (exact) mass is 300 g/mol. The number of aromatic nitrogens is 4. The molecule has 2 heterocycles. The minimum absolute atomic E-state index is 0.167. The zero-order valence-corrected chi connectivity index (χ0v) is 11.0. The molecule has 0 saturated carbocycles. The van der Waals surface area contributed by atoms with Crippen LogP contribution in [-0.4, -0.2) is 24.7 Å². The van der Waals surface area contributed by atoms with E-state index in [1.54, 1.807) is 24.7 Å². The van der Waals surface area contributed by atoms with E-state index in [2.05, 4.69) is 20.4 Å². The summed E-state index contributed by atoms with van der Waals surface area (Å²) in [6.07, 6.45) is 6.18. The Labute approximate surface area is 123 Å². The topological polar surface area (TPSA) is 98.8 Å². The van der Waals surface area contributed by atoms with Gasteiger partial charge in [-0.2, -0.15) is 5.10 Å². The van der Waals surface area contributed by atoms with Crippen LogP contribution in [0.5, 0.6) is 0 Å². The second-order valence-corrected chi connectivity index (χ2v) is 4.27. The lowest BCUT2D eigenvalue weighted by Crippen LogP contribution is -2.00. The van der Waals surface area contributed by atoms with E-state index in [0.29, 0.717) is 11.6 Å². The molecule has 0 spiro atoms. The first-order valence-electron chi connectivity index (χ1n) is 6.16. The molecule has 9 heteroatoms. The lowest BCUT2D eigenvalue weighted by Gasteiger charge is -2.04. The molecular formula is C13H9FN6O2. The maximum Gasteiger partial charge on any atom is 0.295 e. The summed E-state index contributed by atoms with van der Waals surface area (Å²) in [5.74, 6) is -0.310. The van der Waals surface area contributed by atoms with Gasteiger partial charge >= 0.3 is 0 Å². The Morgan fingerprint density at radius 2 is 2.05 bits per heavy atom. The average molecular weight is 300 g/mol. The van der Waals surface area contributed by atoms with Gasteiger partial charge in [-0.05, 0) is 18.2 Å². The van der Waals surface area contributed by atoms with Crippen LogP contribution in [-0.2, 0) is 0 Å². The highest BCUT2D eigenvalue weighted by atomic mass is 19.1. The van der Waals surface area contributed by atoms with Gasteiger partial charge in [-0.3, -0.25) is 10.1 Å². The van der Waals surface area contributed by atoms with E-state index in [4.69, 9.17) is 0 Å². The van der Waals surface area contributed by atoms with Gasteiger partial charge in [-0.25, -0.2) is 19.0 Å². The van der Waals surface area contributed by atoms with Crippen molar-refractivity contribution < 1.29 is 9.31 Å². The summed E-state index contributed by atoms with van der Waals surface area (Å²) in [7, 11) is 0. The van der Waals surface area contributed by atoms with E-state index in [-0.39, 0.29) is 11.4 Å². The molecule has 2 aromatic heterocycles. The Bertz CT molecular complexity index is 820. The fraction of sp³-hybridized carbons (Fsp3) is 0. The number of benzene rings is 1. The number of hydrogen-bond donors (Lipinski definition) is 1. The van der Waals surface area contributed by atoms with Gasteiger partial charge < -0.3 is 5.32 Å². The van der Waals surface area contributed by atoms with Crippen LogP contribution in [0.25, 0.3) is 5.95 Å². The molecule has 0 aliphatic carbocycles. The Hall–Kier alpha value is -3.36. The van der Waals surface area contributed by atoms with Gasteiger partial charge in [0.05, 0.1) is 29.1 Å². The predicted molar refractivity (Wildman–Crippen MR) is 75.5 cm³/mol. The van der Waals surface area contributed by atoms with Crippen LogP contribution in [0.15, 0.2) is 49.1 Å². The molecule has 0 unspecified atom stereocenters. The Morgan fingerprint density at radius 1 is 1.27 bits per heavy atom. The van der Waals surface area contributed by atoms with E-state index in [0.717, 1.165) is 12.1 Å². The maximum atomic E-state index is 13.1. The average Bonchev–Trinajstić information content (AvgIpc) is 2.98. The van der Waals surface area contributed by atoms with Gasteiger partial charge in [-0.15, -0.1) is 0 Å². The largest absolute Gasteiger partial charge is 0.347 e. The molecule has 0 amide bonds. The number of anilines is 2. The minimum Gasteiger partial charge on any atom is -0.347 e. The Morgan fingerprint density at radius 3 is 2.77 bits per heavy atom. The van der Waals surface area contributed by atoms with Gasteiger partial charge in [0.1, 0.15) is 11.5 Å². The number of nitro benzene ring substituents is 1. The summed E-state index contributed by atoms with van der Waals surface area (Å²) in [6.45, 7) is 0. The van der Waals surface area contributed by atoms with Crippen molar-refractivity contribution in [3.63, 3.8) is 0 Å². The Balaban J connectivity index is 1.89. The van der Waals surface area contributed by atoms with Gasteiger partial charge in [-0.1, -0.05) is 0 Å². The molecule has 8 nitrogen and oxygen atoms in total. The molecule has 0 radical (unpaired) electrons. The summed E-state index contributed by atoms with van der Waals surface area (Å²) >= 11 is 0. The second-order valence-electron chi connectivity index (χ2n) is 4.27. The lowest BCUT2D eigenvalue weighted by molar-refractivity contribution is -0.384. The first-order chi connectivity index (χ1) is 10.6. The SMILES string of the molecule is O=[N+]([O-])c1cc(F)ccc1Nc1cnn(-c2ncccn2)c1. The minimum atomic E-state index is -0.675. The fourth-order valence-electron chi connectivity index (χ4n) is 1.82. The molecule has 1 aromatic carbocycles. The highest BCUT2D eigenvalue weighted by molar-refractivity contribution is 5.68. The number of halogens is 1. The van der Waals surface area contributed by atoms with Gasteiger partial charge in [0.2, 0.25) is 5.95 Å². The highest BCUT2D eigenvalue weighted by Crippen LogP contribution is 2.28. The molecule has 1 N–H and O–H groups in total. The van der Waals surface area contributed by atoms with E-state index >= 15 is 0 Å². The zero-order valence-electron chi connectivity index (χ0n) is 11.0. The van der Waals surface area contributed by atoms with Crippen molar-refractivity contribution >= 4 is 17.1 Å². The number of hydrogen-bond acceptors (Lipinski definition) is 6. The molecule has 3 aromatic rings. The third-order valence-corrected chi connectivity index (χ3v) is 2.78. The summed E-state index contributed by atoms with van der Waals surface area (Å²) in [6, 6.07) is 4.96. The standard InChI is InChI=1S/C13H9FN6O2/c14-9-2-3-11(12(6-9)20(21)22)18-10-7-17-19(8-10)13-15-4-1-5-16-13/h1-8,18H. The van der Waals surface area contributed by atoms with E-state index in [1.807, 2.05) is 0 Å². The van der Waals surface area contributed by atoms with Crippen LogP contribution in [0.1, 0.15) is 0 Å². The third-order valence-electron chi connectivity index (χ3n) is 2.78. The molecular weight excluding hydrogens is 291 g/mol. The summed E-state index contributed by atoms with van der Waals surface area (Å²) in [5.41, 5.74) is 0.297. The molecule has 22 heavy (non-hydrogen) atoms. The number of rotatable bonds is 4. The van der Waals surface area contributed by atoms with Crippen LogP contribution < -0.4 is 5.32 Å². The molecule has 0 atom stereocenters. The van der Waals surface area contributed by atoms with Crippen molar-refractivity contribution in [1.29, 1.82) is 0 Å². The van der Waals surface area contributed by atoms with Crippen molar-refractivity contribution in [2.24, 2.45) is 0 Å². The van der Waals surface area contributed by atoms with Crippen LogP contribution in [0.3, 0.4) is 0 Å². The molecule has 0 aliphatic heterocycles. The predicted octanol–water partition coefficient (Wildman–Crippen LogP) is 2.45. The van der Waals surface area contributed by atoms with Crippen LogP contribution >= 0.6 is 0 Å². The molecule has 0 bridgehead atoms. The normalized spacial score (nSPS) is 10.4. The molecule has 0 aliphatic rings. The van der Waals surface area contributed by atoms with Crippen molar-refractivity contribution in [1.82, 2.24) is 19.7 Å². The zero-order chi connectivity index (χ0) is 15.5. The number of nitrogens with one attached hydrogen (secondary N) is 1. The van der Waals surface area contributed by atoms with Crippen LogP contribution in [0, 0.1) is 15.9 Å². The van der Waals surface area contributed by atoms with Crippen molar-refractivity contribution in [2.45, 2.75) is 0 Å². The number of nitro groups is 1. The van der Waals surface area contributed by atoms with E-state index in [1.165, 1.54) is 16.9 Å². The smallest absolute Gasteiger partial charge is 0.295 e. The van der Waals surface area contributed by atoms with E-state index < -0.39 is 10.7 Å². The quantitative estimate of drug-likeness (QED) is 0.587. The van der Waals surface area contributed by atoms with Crippen molar-refractivity contribution in [3.05, 3.63) is 65.0 Å². The molecule has 3 rings (SSSR count). The lowest BCUT2D eigenvalue weighted by atomic mass is 10.2. The summed E-state index contributed by atoms with van der Waals surface area (Å²) in [4.78, 5) is 18.4. The molecule has 0 saturated heterocycles. The highest BCUT2D eigenvalue weighted by Gasteiger charge is 2.15. The second kappa shape index (κ2) is 5.56. The summed E-state index contributed by atoms with van der Waals surface area (Å²) in [5, 5.41) is 17.8. The van der Waals surface area contributed by atoms with Gasteiger partial charge in [0.15, 0.2) is 0 Å². The maximum absolute atomic E-state index is 13.1. The van der Waals surface area contributed by atoms with Gasteiger partial charge in [0, 0.05) is 12.4 Å². The first kappa shape index (κ1) is 13.6. The Kier molecular flexibility index (Phi) is 3.44. The molecule has 110 valence electrons. The molecule has 0 fully saturated rings. The number of nitrogens with zero attached hydrogens (tertiary/aromatic N) is 5. The first-order valence-corrected chi connectivity index (χ1v) is 6.16. The van der Waals surface area contributed by atoms with Crippen molar-refractivity contribution in [2.75, 3.05) is 5.32 Å². The van der Waals surface area contributed by atoms with Crippen LogP contribution in [0.4, 0.5) is 21.5 Å². The van der Waals surface area contributed by atoms with E-state index in [9.17, 15) is 14.5 Å². The van der Waals surface area contributed by atoms with Crippen molar-refractivity contribution in [3.8, 4) is 5.95 Å². The third kappa shape index (κ3) is 2.73. The van der Waals surface area contributed by atoms with Gasteiger partial charge in [0.25, 0.3) is 5.69 Å². The summed E-state index contributed by atoms with van der Waals surface area (Å²) < 4.78 is 14.5. The fourth-order valence-corrected chi connectivity index (χ4v) is 1.82.